The minimum absolute atomic E-state index is 0.105. The largest absolute Gasteiger partial charge is 0.365 e. The van der Waals surface area contributed by atoms with E-state index >= 15 is 0 Å². The van der Waals surface area contributed by atoms with E-state index < -0.39 is 9.84 Å². The van der Waals surface area contributed by atoms with Crippen molar-refractivity contribution in [3.63, 3.8) is 0 Å². The van der Waals surface area contributed by atoms with Gasteiger partial charge in [-0.2, -0.15) is 0 Å². The summed E-state index contributed by atoms with van der Waals surface area (Å²) in [6.45, 7) is 2.41. The summed E-state index contributed by atoms with van der Waals surface area (Å²) in [6.07, 6.45) is 3.40. The molecule has 1 aromatic heterocycles. The summed E-state index contributed by atoms with van der Waals surface area (Å²) in [6, 6.07) is 7.68. The lowest BCUT2D eigenvalue weighted by atomic mass is 10.1. The van der Waals surface area contributed by atoms with Gasteiger partial charge in [0.2, 0.25) is 0 Å². The van der Waals surface area contributed by atoms with Crippen LogP contribution in [0.3, 0.4) is 0 Å². The van der Waals surface area contributed by atoms with E-state index in [1.165, 1.54) is 12.4 Å². The van der Waals surface area contributed by atoms with Crippen LogP contribution < -0.4 is 10.6 Å². The van der Waals surface area contributed by atoms with Crippen molar-refractivity contribution in [2.75, 3.05) is 16.8 Å². The van der Waals surface area contributed by atoms with Gasteiger partial charge in [0, 0.05) is 12.6 Å². The van der Waals surface area contributed by atoms with Crippen molar-refractivity contribution in [2.24, 2.45) is 0 Å². The molecule has 0 saturated carbocycles. The topological polar surface area (TPSA) is 101 Å². The van der Waals surface area contributed by atoms with Gasteiger partial charge in [0.25, 0.3) is 5.91 Å². The van der Waals surface area contributed by atoms with E-state index in [0.29, 0.717) is 18.8 Å². The Labute approximate surface area is 146 Å². The third-order valence-electron chi connectivity index (χ3n) is 4.17. The fourth-order valence-electron chi connectivity index (χ4n) is 2.71. The summed E-state index contributed by atoms with van der Waals surface area (Å²) in [4.78, 5) is 20.4. The molecule has 0 bridgehead atoms. The molecule has 0 aliphatic carbocycles. The van der Waals surface area contributed by atoms with Crippen LogP contribution in [0.4, 0.5) is 5.82 Å². The molecule has 1 aliphatic rings. The first-order chi connectivity index (χ1) is 11.9. The predicted molar refractivity (Wildman–Crippen MR) is 95.1 cm³/mol. The van der Waals surface area contributed by atoms with Crippen LogP contribution in [0.5, 0.6) is 0 Å². The Morgan fingerprint density at radius 2 is 2.04 bits per heavy atom. The Kier molecular flexibility index (Phi) is 4.98. The van der Waals surface area contributed by atoms with Crippen LogP contribution in [-0.2, 0) is 16.4 Å². The molecule has 1 amide bonds. The molecular formula is C17H20N4O3S. The fourth-order valence-corrected chi connectivity index (χ4v) is 4.39. The quantitative estimate of drug-likeness (QED) is 0.834. The molecule has 1 unspecified atom stereocenters. The second kappa shape index (κ2) is 7.18. The number of carbonyl (C=O) groups is 1. The zero-order valence-corrected chi connectivity index (χ0v) is 14.7. The predicted octanol–water partition coefficient (Wildman–Crippen LogP) is 1.31. The molecule has 1 saturated heterocycles. The second-order valence-corrected chi connectivity index (χ2v) is 8.37. The Hall–Kier alpha value is -2.48. The number of hydrogen-bond donors (Lipinski definition) is 2. The maximum absolute atomic E-state index is 12.2. The molecule has 7 nitrogen and oxygen atoms in total. The first kappa shape index (κ1) is 17.3. The molecule has 3 rings (SSSR count). The average molecular weight is 360 g/mol. The smallest absolute Gasteiger partial charge is 0.271 e. The van der Waals surface area contributed by atoms with E-state index in [-0.39, 0.29) is 29.1 Å². The Morgan fingerprint density at radius 1 is 1.24 bits per heavy atom. The maximum Gasteiger partial charge on any atom is 0.271 e. The number of aromatic nitrogens is 2. The number of nitrogens with one attached hydrogen (secondary N) is 2. The van der Waals surface area contributed by atoms with E-state index in [1.54, 1.807) is 0 Å². The SMILES string of the molecule is Cc1ccccc1CNC(=O)c1cnc(NC2CCS(=O)(=O)C2)cn1. The highest BCUT2D eigenvalue weighted by atomic mass is 32.2. The minimum Gasteiger partial charge on any atom is -0.365 e. The lowest BCUT2D eigenvalue weighted by Gasteiger charge is -2.11. The molecular weight excluding hydrogens is 340 g/mol. The molecule has 1 atom stereocenters. The molecule has 2 N–H and O–H groups in total. The number of aryl methyl sites for hydroxylation is 1. The monoisotopic (exact) mass is 360 g/mol. The van der Waals surface area contributed by atoms with Gasteiger partial charge in [0.15, 0.2) is 9.84 Å². The zero-order valence-electron chi connectivity index (χ0n) is 13.9. The summed E-state index contributed by atoms with van der Waals surface area (Å²) < 4.78 is 22.9. The molecule has 25 heavy (non-hydrogen) atoms. The van der Waals surface area contributed by atoms with Crippen molar-refractivity contribution >= 4 is 21.6 Å². The standard InChI is InChI=1S/C17H20N4O3S/c1-12-4-2-3-5-13(12)8-20-17(22)15-9-19-16(10-18-15)21-14-6-7-25(23,24)11-14/h2-5,9-10,14H,6-8,11H2,1H3,(H,19,21)(H,20,22). The molecule has 1 fully saturated rings. The number of anilines is 1. The van der Waals surface area contributed by atoms with Crippen LogP contribution in [0.1, 0.15) is 28.0 Å². The first-order valence-electron chi connectivity index (χ1n) is 8.05. The number of nitrogens with zero attached hydrogens (tertiary/aromatic N) is 2. The third kappa shape index (κ3) is 4.54. The Bertz CT molecular complexity index is 866. The van der Waals surface area contributed by atoms with E-state index in [4.69, 9.17) is 0 Å². The number of rotatable bonds is 5. The summed E-state index contributed by atoms with van der Waals surface area (Å²) >= 11 is 0. The van der Waals surface area contributed by atoms with Crippen LogP contribution in [0, 0.1) is 6.92 Å². The normalized spacial score (nSPS) is 18.7. The highest BCUT2D eigenvalue weighted by Crippen LogP contribution is 2.15. The van der Waals surface area contributed by atoms with Gasteiger partial charge >= 0.3 is 0 Å². The van der Waals surface area contributed by atoms with Crippen molar-refractivity contribution in [3.8, 4) is 0 Å². The summed E-state index contributed by atoms with van der Waals surface area (Å²) in [5, 5.41) is 5.86. The molecule has 2 heterocycles. The van der Waals surface area contributed by atoms with Crippen LogP contribution in [0.2, 0.25) is 0 Å². The molecule has 1 aliphatic heterocycles. The number of hydrogen-bond acceptors (Lipinski definition) is 6. The molecule has 132 valence electrons. The third-order valence-corrected chi connectivity index (χ3v) is 5.94. The fraction of sp³-hybridized carbons (Fsp3) is 0.353. The van der Waals surface area contributed by atoms with Crippen molar-refractivity contribution in [3.05, 3.63) is 53.5 Å². The van der Waals surface area contributed by atoms with Crippen LogP contribution in [0.15, 0.2) is 36.7 Å². The maximum atomic E-state index is 12.2. The summed E-state index contributed by atoms with van der Waals surface area (Å²) in [5.74, 6) is 0.466. The highest BCUT2D eigenvalue weighted by molar-refractivity contribution is 7.91. The first-order valence-corrected chi connectivity index (χ1v) is 9.87. The Balaban J connectivity index is 1.56. The van der Waals surface area contributed by atoms with Gasteiger partial charge in [0.05, 0.1) is 23.9 Å². The number of amides is 1. The summed E-state index contributed by atoms with van der Waals surface area (Å²) in [5.41, 5.74) is 2.38. The van der Waals surface area contributed by atoms with E-state index in [2.05, 4.69) is 20.6 Å². The molecule has 1 aromatic carbocycles. The lowest BCUT2D eigenvalue weighted by molar-refractivity contribution is 0.0945. The average Bonchev–Trinajstić information content (AvgIpc) is 2.93. The van der Waals surface area contributed by atoms with E-state index in [0.717, 1.165) is 11.1 Å². The Morgan fingerprint density at radius 3 is 2.68 bits per heavy atom. The van der Waals surface area contributed by atoms with Crippen molar-refractivity contribution in [1.82, 2.24) is 15.3 Å². The van der Waals surface area contributed by atoms with E-state index in [9.17, 15) is 13.2 Å². The van der Waals surface area contributed by atoms with Crippen LogP contribution >= 0.6 is 0 Å². The minimum atomic E-state index is -2.95. The van der Waals surface area contributed by atoms with Gasteiger partial charge in [0.1, 0.15) is 11.5 Å². The molecule has 2 aromatic rings. The van der Waals surface area contributed by atoms with Gasteiger partial charge in [-0.05, 0) is 24.5 Å². The van der Waals surface area contributed by atoms with Gasteiger partial charge < -0.3 is 10.6 Å². The highest BCUT2D eigenvalue weighted by Gasteiger charge is 2.27. The summed E-state index contributed by atoms with van der Waals surface area (Å²) in [7, 11) is -2.95. The molecule has 0 spiro atoms. The van der Waals surface area contributed by atoms with Gasteiger partial charge in [-0.3, -0.25) is 4.79 Å². The van der Waals surface area contributed by atoms with Crippen molar-refractivity contribution < 1.29 is 13.2 Å². The van der Waals surface area contributed by atoms with Crippen molar-refractivity contribution in [1.29, 1.82) is 0 Å². The number of sulfone groups is 1. The molecule has 0 radical (unpaired) electrons. The van der Waals surface area contributed by atoms with Gasteiger partial charge in [-0.15, -0.1) is 0 Å². The number of carbonyl (C=O) groups excluding carboxylic acids is 1. The van der Waals surface area contributed by atoms with Crippen LogP contribution in [-0.4, -0.2) is 41.8 Å². The molecule has 8 heteroatoms. The van der Waals surface area contributed by atoms with E-state index in [1.807, 2.05) is 31.2 Å². The van der Waals surface area contributed by atoms with Gasteiger partial charge in [-0.1, -0.05) is 24.3 Å². The lowest BCUT2D eigenvalue weighted by Crippen LogP contribution is -2.25. The van der Waals surface area contributed by atoms with Crippen molar-refractivity contribution in [2.45, 2.75) is 25.9 Å². The second-order valence-electron chi connectivity index (χ2n) is 6.14. The van der Waals surface area contributed by atoms with Crippen LogP contribution in [0.25, 0.3) is 0 Å². The van der Waals surface area contributed by atoms with Gasteiger partial charge in [-0.25, -0.2) is 18.4 Å². The number of benzene rings is 1. The zero-order chi connectivity index (χ0) is 17.9.